The molecule has 0 aromatic carbocycles. The van der Waals surface area contributed by atoms with E-state index in [-0.39, 0.29) is 6.42 Å². The van der Waals surface area contributed by atoms with E-state index >= 15 is 0 Å². The summed E-state index contributed by atoms with van der Waals surface area (Å²) < 4.78 is 0. The number of allylic oxidation sites excluding steroid dienone is 7. The summed E-state index contributed by atoms with van der Waals surface area (Å²) in [5, 5.41) is 18.2. The third kappa shape index (κ3) is 18.2. The van der Waals surface area contributed by atoms with Gasteiger partial charge >= 0.3 is 5.97 Å². The lowest BCUT2D eigenvalue weighted by Gasteiger charge is -1.94. The number of aliphatic hydroxyl groups is 1. The van der Waals surface area contributed by atoms with Crippen molar-refractivity contribution in [1.82, 2.24) is 0 Å². The van der Waals surface area contributed by atoms with Crippen molar-refractivity contribution >= 4 is 5.97 Å². The summed E-state index contributed by atoms with van der Waals surface area (Å²) in [4.78, 5) is 10.3. The molecule has 2 N–H and O–H groups in total. The van der Waals surface area contributed by atoms with Crippen LogP contribution in [0.2, 0.25) is 0 Å². The number of carboxylic acids is 1. The maximum Gasteiger partial charge on any atom is 0.303 e. The van der Waals surface area contributed by atoms with Crippen molar-refractivity contribution in [2.75, 3.05) is 0 Å². The number of carboxylic acid groups (broad SMARTS) is 1. The van der Waals surface area contributed by atoms with Crippen LogP contribution in [-0.4, -0.2) is 16.2 Å². The maximum absolute atomic E-state index is 10.3. The number of carbonyl (C=O) groups is 1. The Balaban J connectivity index is 3.63. The van der Waals surface area contributed by atoms with Gasteiger partial charge in [-0.1, -0.05) is 56.2 Å². The van der Waals surface area contributed by atoms with Gasteiger partial charge in [-0.2, -0.15) is 0 Å². The van der Waals surface area contributed by atoms with Gasteiger partial charge in [-0.25, -0.2) is 0 Å². The smallest absolute Gasteiger partial charge is 0.303 e. The number of unbranched alkanes of at least 4 members (excludes halogenated alkanes) is 4. The predicted octanol–water partition coefficient (Wildman–Crippen LogP) is 6.10. The molecule has 0 heterocycles. The fraction of sp³-hybridized carbons (Fsp3) is 0.550. The minimum atomic E-state index is -0.760. The Hall–Kier alpha value is -1.77. The zero-order valence-electron chi connectivity index (χ0n) is 14.4. The summed E-state index contributed by atoms with van der Waals surface area (Å²) in [6.07, 6.45) is 23.0. The number of rotatable bonds is 14. The highest BCUT2D eigenvalue weighted by atomic mass is 16.4. The van der Waals surface area contributed by atoms with Crippen molar-refractivity contribution in [2.24, 2.45) is 0 Å². The highest BCUT2D eigenvalue weighted by Crippen LogP contribution is 2.04. The molecular weight excluding hydrogens is 288 g/mol. The molecular formula is C20H32O3. The third-order valence-electron chi connectivity index (χ3n) is 3.32. The largest absolute Gasteiger partial charge is 0.512 e. The number of aliphatic hydroxyl groups excluding tert-OH is 1. The van der Waals surface area contributed by atoms with Gasteiger partial charge in [-0.05, 0) is 44.6 Å². The summed E-state index contributed by atoms with van der Waals surface area (Å²) in [7, 11) is 0. The SMILES string of the molecule is CCCCC/C=C/C/C=C/C/C=C(\O)C/C=C/CCCC(=O)O. The van der Waals surface area contributed by atoms with Gasteiger partial charge < -0.3 is 10.2 Å². The number of hydrogen-bond donors (Lipinski definition) is 2. The van der Waals surface area contributed by atoms with Crippen LogP contribution in [-0.2, 0) is 4.79 Å². The van der Waals surface area contributed by atoms with E-state index in [0.29, 0.717) is 18.6 Å². The standard InChI is InChI=1S/C20H32O3/c1-2-3-4-5-6-7-8-9-10-13-16-19(21)17-14-11-12-15-18-20(22)23/h6-7,9-11,14,16,21H,2-5,8,12-13,15,17-18H2,1H3,(H,22,23)/b7-6+,10-9+,14-11+,19-16-. The summed E-state index contributed by atoms with van der Waals surface area (Å²) >= 11 is 0. The number of hydrogen-bond acceptors (Lipinski definition) is 2. The van der Waals surface area contributed by atoms with Crippen LogP contribution in [0.3, 0.4) is 0 Å². The molecule has 0 saturated heterocycles. The van der Waals surface area contributed by atoms with Gasteiger partial charge in [-0.3, -0.25) is 4.79 Å². The van der Waals surface area contributed by atoms with Gasteiger partial charge in [0.25, 0.3) is 0 Å². The molecule has 0 rings (SSSR count). The maximum atomic E-state index is 10.3. The lowest BCUT2D eigenvalue weighted by atomic mass is 10.2. The van der Waals surface area contributed by atoms with Crippen molar-refractivity contribution in [1.29, 1.82) is 0 Å². The van der Waals surface area contributed by atoms with E-state index < -0.39 is 5.97 Å². The molecule has 0 aliphatic heterocycles. The van der Waals surface area contributed by atoms with E-state index in [1.165, 1.54) is 25.7 Å². The Morgan fingerprint density at radius 2 is 1.48 bits per heavy atom. The fourth-order valence-electron chi connectivity index (χ4n) is 1.98. The van der Waals surface area contributed by atoms with Crippen molar-refractivity contribution < 1.29 is 15.0 Å². The first-order valence-electron chi connectivity index (χ1n) is 8.71. The van der Waals surface area contributed by atoms with Crippen molar-refractivity contribution in [3.63, 3.8) is 0 Å². The first kappa shape index (κ1) is 21.2. The molecule has 3 nitrogen and oxygen atoms in total. The molecule has 0 radical (unpaired) electrons. The molecule has 0 amide bonds. The fourth-order valence-corrected chi connectivity index (χ4v) is 1.98. The summed E-state index contributed by atoms with van der Waals surface area (Å²) in [5.74, 6) is -0.400. The molecule has 0 aliphatic carbocycles. The second-order valence-electron chi connectivity index (χ2n) is 5.57. The Morgan fingerprint density at radius 3 is 2.22 bits per heavy atom. The minimum Gasteiger partial charge on any atom is -0.512 e. The van der Waals surface area contributed by atoms with E-state index in [1.807, 2.05) is 18.2 Å². The van der Waals surface area contributed by atoms with Gasteiger partial charge in [0.15, 0.2) is 0 Å². The zero-order valence-corrected chi connectivity index (χ0v) is 14.4. The highest BCUT2D eigenvalue weighted by Gasteiger charge is 1.93. The normalized spacial score (nSPS) is 12.8. The van der Waals surface area contributed by atoms with Crippen LogP contribution in [0.5, 0.6) is 0 Å². The molecule has 3 heteroatoms. The Labute approximate surface area is 141 Å². The van der Waals surface area contributed by atoms with E-state index in [2.05, 4.69) is 31.2 Å². The molecule has 0 aromatic rings. The first-order chi connectivity index (χ1) is 11.2. The monoisotopic (exact) mass is 320 g/mol. The van der Waals surface area contributed by atoms with Gasteiger partial charge in [0.05, 0.1) is 5.76 Å². The van der Waals surface area contributed by atoms with Crippen molar-refractivity contribution in [3.05, 3.63) is 48.3 Å². The third-order valence-corrected chi connectivity index (χ3v) is 3.32. The topological polar surface area (TPSA) is 57.5 Å². The van der Waals surface area contributed by atoms with Crippen LogP contribution in [0, 0.1) is 0 Å². The van der Waals surface area contributed by atoms with Crippen molar-refractivity contribution in [2.45, 2.75) is 71.1 Å². The molecule has 0 unspecified atom stereocenters. The molecule has 0 fully saturated rings. The van der Waals surface area contributed by atoms with Crippen LogP contribution >= 0.6 is 0 Å². The average Bonchev–Trinajstić information content (AvgIpc) is 2.52. The highest BCUT2D eigenvalue weighted by molar-refractivity contribution is 5.66. The molecule has 130 valence electrons. The Morgan fingerprint density at radius 1 is 0.826 bits per heavy atom. The lowest BCUT2D eigenvalue weighted by Crippen LogP contribution is -1.92. The minimum absolute atomic E-state index is 0.198. The Bertz CT molecular complexity index is 403. The van der Waals surface area contributed by atoms with Crippen LogP contribution < -0.4 is 0 Å². The van der Waals surface area contributed by atoms with Gasteiger partial charge in [0.2, 0.25) is 0 Å². The van der Waals surface area contributed by atoms with E-state index in [0.717, 1.165) is 19.3 Å². The van der Waals surface area contributed by atoms with Crippen LogP contribution in [0.15, 0.2) is 48.3 Å². The predicted molar refractivity (Wildman–Crippen MR) is 97.6 cm³/mol. The van der Waals surface area contributed by atoms with Gasteiger partial charge in [0, 0.05) is 12.8 Å². The summed E-state index contributed by atoms with van der Waals surface area (Å²) in [5.41, 5.74) is 0. The van der Waals surface area contributed by atoms with E-state index in [1.54, 1.807) is 0 Å². The van der Waals surface area contributed by atoms with E-state index in [9.17, 15) is 9.90 Å². The molecule has 0 atom stereocenters. The molecule has 23 heavy (non-hydrogen) atoms. The second-order valence-corrected chi connectivity index (χ2v) is 5.57. The van der Waals surface area contributed by atoms with Gasteiger partial charge in [-0.15, -0.1) is 0 Å². The van der Waals surface area contributed by atoms with Crippen molar-refractivity contribution in [3.8, 4) is 0 Å². The average molecular weight is 320 g/mol. The van der Waals surface area contributed by atoms with Crippen LogP contribution in [0.4, 0.5) is 0 Å². The molecule has 0 aliphatic rings. The summed E-state index contributed by atoms with van der Waals surface area (Å²) in [6.45, 7) is 2.21. The molecule has 0 aromatic heterocycles. The van der Waals surface area contributed by atoms with Crippen LogP contribution in [0.1, 0.15) is 71.1 Å². The second kappa shape index (κ2) is 16.6. The van der Waals surface area contributed by atoms with E-state index in [4.69, 9.17) is 5.11 Å². The number of aliphatic carboxylic acids is 1. The van der Waals surface area contributed by atoms with Crippen LogP contribution in [0.25, 0.3) is 0 Å². The molecule has 0 saturated carbocycles. The van der Waals surface area contributed by atoms with Gasteiger partial charge in [0.1, 0.15) is 0 Å². The summed E-state index contributed by atoms with van der Waals surface area (Å²) in [6, 6.07) is 0. The quantitative estimate of drug-likeness (QED) is 0.231. The lowest BCUT2D eigenvalue weighted by molar-refractivity contribution is -0.137. The molecule has 0 bridgehead atoms. The zero-order chi connectivity index (χ0) is 17.2. The molecule has 0 spiro atoms. The Kier molecular flexibility index (Phi) is 15.3. The first-order valence-corrected chi connectivity index (χ1v) is 8.71.